The number of aliphatic hydroxyl groups is 1. The monoisotopic (exact) mass is 354 g/mol. The molecule has 0 spiro atoms. The molecule has 2 N–H and O–H groups in total. The number of carbonyl (C=O) groups is 1. The predicted octanol–water partition coefficient (Wildman–Crippen LogP) is 2.00. The van der Waals surface area contributed by atoms with Crippen LogP contribution in [0.3, 0.4) is 0 Å². The first-order valence-corrected chi connectivity index (χ1v) is 9.31. The molecular weight excluding hydrogens is 328 g/mol. The van der Waals surface area contributed by atoms with Crippen LogP contribution in [0.15, 0.2) is 36.5 Å². The van der Waals surface area contributed by atoms with Crippen LogP contribution in [-0.2, 0) is 6.54 Å². The number of likely N-dealkylation sites (N-methyl/N-ethyl adjacent to an activating group) is 1. The Hall–Kier alpha value is -2.18. The van der Waals surface area contributed by atoms with Crippen molar-refractivity contribution >= 4 is 5.91 Å². The summed E-state index contributed by atoms with van der Waals surface area (Å²) in [4.78, 5) is 16.7. The van der Waals surface area contributed by atoms with E-state index in [4.69, 9.17) is 0 Å². The van der Waals surface area contributed by atoms with E-state index in [0.717, 1.165) is 31.6 Å². The van der Waals surface area contributed by atoms with Crippen molar-refractivity contribution in [3.63, 3.8) is 0 Å². The third-order valence-corrected chi connectivity index (χ3v) is 5.42. The smallest absolute Gasteiger partial charge is 0.257 e. The highest BCUT2D eigenvalue weighted by Crippen LogP contribution is 2.40. The maximum absolute atomic E-state index is 12.8. The maximum atomic E-state index is 12.8. The third kappa shape index (κ3) is 3.66. The van der Waals surface area contributed by atoms with E-state index in [0.29, 0.717) is 31.0 Å². The molecule has 6 nitrogen and oxygen atoms in total. The Morgan fingerprint density at radius 1 is 1.38 bits per heavy atom. The molecule has 1 amide bonds. The molecule has 1 saturated heterocycles. The molecule has 1 saturated carbocycles. The van der Waals surface area contributed by atoms with Gasteiger partial charge in [0.15, 0.2) is 0 Å². The van der Waals surface area contributed by atoms with Crippen LogP contribution in [0.2, 0.25) is 0 Å². The summed E-state index contributed by atoms with van der Waals surface area (Å²) in [7, 11) is 1.77. The fourth-order valence-electron chi connectivity index (χ4n) is 3.91. The largest absolute Gasteiger partial charge is 0.387 e. The molecule has 6 heteroatoms. The first-order valence-electron chi connectivity index (χ1n) is 9.31. The van der Waals surface area contributed by atoms with E-state index in [-0.39, 0.29) is 5.91 Å². The maximum Gasteiger partial charge on any atom is 0.257 e. The van der Waals surface area contributed by atoms with Crippen LogP contribution in [0.25, 0.3) is 0 Å². The Morgan fingerprint density at radius 3 is 2.88 bits per heavy atom. The van der Waals surface area contributed by atoms with Crippen molar-refractivity contribution in [3.05, 3.63) is 53.3 Å². The van der Waals surface area contributed by atoms with Crippen LogP contribution in [0, 0.1) is 0 Å². The lowest BCUT2D eigenvalue weighted by Gasteiger charge is -2.29. The Labute approximate surface area is 153 Å². The number of hydrogen-bond donors (Lipinski definition) is 2. The highest BCUT2D eigenvalue weighted by Gasteiger charge is 2.39. The number of H-pyrrole nitrogens is 1. The topological polar surface area (TPSA) is 72.5 Å². The van der Waals surface area contributed by atoms with Crippen LogP contribution in [0.1, 0.15) is 46.8 Å². The van der Waals surface area contributed by atoms with E-state index < -0.39 is 5.60 Å². The van der Waals surface area contributed by atoms with Gasteiger partial charge in [0.05, 0.1) is 29.6 Å². The lowest BCUT2D eigenvalue weighted by molar-refractivity contribution is 0.0170. The Balaban J connectivity index is 1.37. The van der Waals surface area contributed by atoms with Crippen molar-refractivity contribution in [2.75, 3.05) is 26.7 Å². The highest BCUT2D eigenvalue weighted by molar-refractivity contribution is 5.95. The lowest BCUT2D eigenvalue weighted by Crippen LogP contribution is -2.45. The van der Waals surface area contributed by atoms with E-state index in [9.17, 15) is 9.90 Å². The molecule has 2 heterocycles. The van der Waals surface area contributed by atoms with Crippen LogP contribution in [0.5, 0.6) is 0 Å². The van der Waals surface area contributed by atoms with Crippen LogP contribution in [0.4, 0.5) is 0 Å². The number of likely N-dealkylation sites (tertiary alicyclic amines) is 1. The molecule has 26 heavy (non-hydrogen) atoms. The summed E-state index contributed by atoms with van der Waals surface area (Å²) < 4.78 is 0. The number of amides is 1. The van der Waals surface area contributed by atoms with Crippen molar-refractivity contribution in [3.8, 4) is 0 Å². The molecule has 0 radical (unpaired) electrons. The molecule has 1 unspecified atom stereocenters. The van der Waals surface area contributed by atoms with Gasteiger partial charge in [0, 0.05) is 32.6 Å². The quantitative estimate of drug-likeness (QED) is 0.832. The lowest BCUT2D eigenvalue weighted by atomic mass is 10.0. The SMILES string of the molecule is CN(CC1(O)CCN(Cc2ccccc2)C1)C(=O)c1cn[nH]c1C1CC1. The third-order valence-electron chi connectivity index (χ3n) is 5.42. The van der Waals surface area contributed by atoms with Crippen LogP contribution < -0.4 is 0 Å². The van der Waals surface area contributed by atoms with Crippen molar-refractivity contribution in [1.29, 1.82) is 0 Å². The second-order valence-corrected chi connectivity index (χ2v) is 7.80. The van der Waals surface area contributed by atoms with Gasteiger partial charge >= 0.3 is 0 Å². The summed E-state index contributed by atoms with van der Waals surface area (Å²) >= 11 is 0. The molecule has 138 valence electrons. The first kappa shape index (κ1) is 17.2. The summed E-state index contributed by atoms with van der Waals surface area (Å²) in [5, 5.41) is 18.0. The van der Waals surface area contributed by atoms with Crippen molar-refractivity contribution in [2.24, 2.45) is 0 Å². The van der Waals surface area contributed by atoms with Crippen molar-refractivity contribution < 1.29 is 9.90 Å². The molecule has 2 aromatic rings. The number of hydrogen-bond acceptors (Lipinski definition) is 4. The molecule has 2 fully saturated rings. The van der Waals surface area contributed by atoms with E-state index >= 15 is 0 Å². The fourth-order valence-corrected chi connectivity index (χ4v) is 3.91. The predicted molar refractivity (Wildman–Crippen MR) is 98.8 cm³/mol. The molecule has 1 aliphatic heterocycles. The van der Waals surface area contributed by atoms with Gasteiger partial charge in [-0.1, -0.05) is 30.3 Å². The standard InChI is InChI=1S/C20H26N4O2/c1-23(19(25)17-11-21-22-18(17)16-7-8-16)13-20(26)9-10-24(14-20)12-15-5-3-2-4-6-15/h2-6,11,16,26H,7-10,12-14H2,1H3,(H,21,22). The second-order valence-electron chi connectivity index (χ2n) is 7.80. The van der Waals surface area contributed by atoms with Crippen molar-refractivity contribution in [1.82, 2.24) is 20.0 Å². The normalized spacial score (nSPS) is 23.3. The van der Waals surface area contributed by atoms with Gasteiger partial charge in [-0.15, -0.1) is 0 Å². The van der Waals surface area contributed by atoms with E-state index in [1.807, 2.05) is 18.2 Å². The molecule has 2 aliphatic rings. The Kier molecular flexibility index (Phi) is 4.54. The number of nitrogens with zero attached hydrogens (tertiary/aromatic N) is 3. The average Bonchev–Trinajstić information content (AvgIpc) is 3.25. The molecule has 1 aromatic carbocycles. The van der Waals surface area contributed by atoms with Gasteiger partial charge in [0.25, 0.3) is 5.91 Å². The minimum absolute atomic E-state index is 0.0596. The number of carbonyl (C=O) groups excluding carboxylic acids is 1. The van der Waals surface area contributed by atoms with Crippen molar-refractivity contribution in [2.45, 2.75) is 37.3 Å². The van der Waals surface area contributed by atoms with Gasteiger partial charge in [-0.05, 0) is 24.8 Å². The summed E-state index contributed by atoms with van der Waals surface area (Å²) in [5.41, 5.74) is 1.99. The molecule has 1 atom stereocenters. The van der Waals surface area contributed by atoms with Gasteiger partial charge in [-0.2, -0.15) is 5.10 Å². The minimum Gasteiger partial charge on any atom is -0.387 e. The molecule has 1 aliphatic carbocycles. The number of rotatable bonds is 6. The number of aromatic nitrogens is 2. The minimum atomic E-state index is -0.858. The second kappa shape index (κ2) is 6.85. The van der Waals surface area contributed by atoms with Gasteiger partial charge in [0.2, 0.25) is 0 Å². The van der Waals surface area contributed by atoms with Gasteiger partial charge in [-0.3, -0.25) is 14.8 Å². The van der Waals surface area contributed by atoms with E-state index in [2.05, 4.69) is 27.2 Å². The Bertz CT molecular complexity index is 771. The summed E-state index contributed by atoms with van der Waals surface area (Å²) in [6.45, 7) is 2.59. The summed E-state index contributed by atoms with van der Waals surface area (Å²) in [5.74, 6) is 0.386. The molecule has 1 aromatic heterocycles. The zero-order valence-corrected chi connectivity index (χ0v) is 15.2. The number of nitrogens with one attached hydrogen (secondary N) is 1. The summed E-state index contributed by atoms with van der Waals surface area (Å²) in [6, 6.07) is 10.3. The molecular formula is C20H26N4O2. The first-order chi connectivity index (χ1) is 12.5. The van der Waals surface area contributed by atoms with E-state index in [1.165, 1.54) is 5.56 Å². The average molecular weight is 354 g/mol. The Morgan fingerprint density at radius 2 is 2.15 bits per heavy atom. The zero-order chi connectivity index (χ0) is 18.1. The van der Waals surface area contributed by atoms with Gasteiger partial charge in [-0.25, -0.2) is 0 Å². The van der Waals surface area contributed by atoms with Gasteiger partial charge < -0.3 is 10.0 Å². The zero-order valence-electron chi connectivity index (χ0n) is 15.2. The number of aromatic amines is 1. The summed E-state index contributed by atoms with van der Waals surface area (Å²) in [6.07, 6.45) is 4.53. The molecule has 4 rings (SSSR count). The van der Waals surface area contributed by atoms with Crippen LogP contribution >= 0.6 is 0 Å². The van der Waals surface area contributed by atoms with Crippen LogP contribution in [-0.4, -0.2) is 63.3 Å². The molecule has 0 bridgehead atoms. The van der Waals surface area contributed by atoms with E-state index in [1.54, 1.807) is 18.1 Å². The highest BCUT2D eigenvalue weighted by atomic mass is 16.3. The number of benzene rings is 1. The number of β-amino-alcohol motifs (C(OH)–C–C–N with tert-alkyl or cyclic N) is 1. The van der Waals surface area contributed by atoms with Gasteiger partial charge in [0.1, 0.15) is 0 Å². The fraction of sp³-hybridized carbons (Fsp3) is 0.500.